The first-order valence-electron chi connectivity index (χ1n) is 7.65. The van der Waals surface area contributed by atoms with E-state index in [1.807, 2.05) is 6.07 Å². The number of aromatic hydroxyl groups is 1. The predicted octanol–water partition coefficient (Wildman–Crippen LogP) is 3.40. The zero-order chi connectivity index (χ0) is 19.0. The van der Waals surface area contributed by atoms with Gasteiger partial charge in [-0.2, -0.15) is 0 Å². The number of carbonyl (C=O) groups is 1. The van der Waals surface area contributed by atoms with Gasteiger partial charge in [-0.05, 0) is 30.3 Å². The Morgan fingerprint density at radius 3 is 2.81 bits per heavy atom. The number of nitro groups is 1. The van der Waals surface area contributed by atoms with Crippen molar-refractivity contribution in [3.8, 4) is 28.5 Å². The Morgan fingerprint density at radius 2 is 2.04 bits per heavy atom. The van der Waals surface area contributed by atoms with Crippen LogP contribution in [0.4, 0.5) is 10.8 Å². The van der Waals surface area contributed by atoms with E-state index in [1.54, 1.807) is 17.5 Å². The van der Waals surface area contributed by atoms with Gasteiger partial charge in [0.25, 0.3) is 5.91 Å². The molecule has 9 nitrogen and oxygen atoms in total. The molecule has 27 heavy (non-hydrogen) atoms. The minimum absolute atomic E-state index is 0.0814. The first-order chi connectivity index (χ1) is 13.0. The number of phenolic OH excluding ortho intramolecular Hbond substituents is 1. The number of rotatable bonds is 4. The predicted molar refractivity (Wildman–Crippen MR) is 96.4 cm³/mol. The summed E-state index contributed by atoms with van der Waals surface area (Å²) < 4.78 is 10.6. The van der Waals surface area contributed by atoms with Gasteiger partial charge in [0.2, 0.25) is 6.79 Å². The molecule has 1 aromatic heterocycles. The van der Waals surface area contributed by atoms with E-state index >= 15 is 0 Å². The van der Waals surface area contributed by atoms with Gasteiger partial charge in [-0.15, -0.1) is 11.3 Å². The van der Waals surface area contributed by atoms with Crippen LogP contribution in [0.2, 0.25) is 0 Å². The molecular weight excluding hydrogens is 374 g/mol. The number of aromatic nitrogens is 1. The first-order valence-corrected chi connectivity index (χ1v) is 8.53. The summed E-state index contributed by atoms with van der Waals surface area (Å²) in [4.78, 5) is 26.6. The van der Waals surface area contributed by atoms with Crippen LogP contribution in [-0.2, 0) is 0 Å². The smallest absolute Gasteiger partial charge is 0.310 e. The molecule has 0 atom stereocenters. The standard InChI is InChI=1S/C17H11N3O6S/c21-13-5-10(1-3-12(13)20(23)24)16(22)19-17-18-11(7-27-17)9-2-4-14-15(6-9)26-8-25-14/h1-7,21H,8H2,(H,18,19,22). The number of benzene rings is 2. The molecular formula is C17H11N3O6S. The molecule has 0 fully saturated rings. The van der Waals surface area contributed by atoms with Gasteiger partial charge in [0.15, 0.2) is 22.4 Å². The Hall–Kier alpha value is -3.66. The molecule has 2 N–H and O–H groups in total. The third-order valence-electron chi connectivity index (χ3n) is 3.83. The molecule has 0 radical (unpaired) electrons. The summed E-state index contributed by atoms with van der Waals surface area (Å²) in [5, 5.41) is 25.1. The van der Waals surface area contributed by atoms with Gasteiger partial charge in [0.05, 0.1) is 10.6 Å². The van der Waals surface area contributed by atoms with Crippen LogP contribution in [0.15, 0.2) is 41.8 Å². The highest BCUT2D eigenvalue weighted by Crippen LogP contribution is 2.36. The number of fused-ring (bicyclic) bond motifs is 1. The monoisotopic (exact) mass is 385 g/mol. The van der Waals surface area contributed by atoms with Gasteiger partial charge in [0, 0.05) is 22.6 Å². The Labute approximate surface area is 156 Å². The number of thiazole rings is 1. The summed E-state index contributed by atoms with van der Waals surface area (Å²) in [5.41, 5.74) is 1.08. The molecule has 0 unspecified atom stereocenters. The summed E-state index contributed by atoms with van der Waals surface area (Å²) in [6.45, 7) is 0.180. The third-order valence-corrected chi connectivity index (χ3v) is 4.59. The Kier molecular flexibility index (Phi) is 4.09. The van der Waals surface area contributed by atoms with Crippen molar-refractivity contribution in [1.29, 1.82) is 0 Å². The lowest BCUT2D eigenvalue weighted by atomic mass is 10.1. The molecule has 2 heterocycles. The van der Waals surface area contributed by atoms with Crippen molar-refractivity contribution >= 4 is 28.1 Å². The number of amides is 1. The molecule has 0 saturated heterocycles. The van der Waals surface area contributed by atoms with Crippen LogP contribution < -0.4 is 14.8 Å². The van der Waals surface area contributed by atoms with Crippen LogP contribution in [0, 0.1) is 10.1 Å². The van der Waals surface area contributed by atoms with Crippen LogP contribution in [0.5, 0.6) is 17.2 Å². The first kappa shape index (κ1) is 16.8. The summed E-state index contributed by atoms with van der Waals surface area (Å²) in [6, 6.07) is 8.80. The highest BCUT2D eigenvalue weighted by Gasteiger charge is 2.18. The van der Waals surface area contributed by atoms with Crippen molar-refractivity contribution in [1.82, 2.24) is 4.98 Å². The zero-order valence-electron chi connectivity index (χ0n) is 13.5. The van der Waals surface area contributed by atoms with E-state index in [-0.39, 0.29) is 12.4 Å². The number of nitrogens with zero attached hydrogens (tertiary/aromatic N) is 2. The van der Waals surface area contributed by atoms with Crippen molar-refractivity contribution in [2.75, 3.05) is 12.1 Å². The van der Waals surface area contributed by atoms with Gasteiger partial charge >= 0.3 is 5.69 Å². The second kappa shape index (κ2) is 6.57. The Bertz CT molecular complexity index is 1060. The topological polar surface area (TPSA) is 124 Å². The molecule has 136 valence electrons. The van der Waals surface area contributed by atoms with Crippen LogP contribution in [-0.4, -0.2) is 27.7 Å². The normalized spacial score (nSPS) is 12.0. The molecule has 0 bridgehead atoms. The van der Waals surface area contributed by atoms with Crippen molar-refractivity contribution < 1.29 is 24.3 Å². The maximum absolute atomic E-state index is 12.3. The Morgan fingerprint density at radius 1 is 1.22 bits per heavy atom. The van der Waals surface area contributed by atoms with Crippen LogP contribution in [0.1, 0.15) is 10.4 Å². The average molecular weight is 385 g/mol. The fourth-order valence-electron chi connectivity index (χ4n) is 2.51. The lowest BCUT2D eigenvalue weighted by Crippen LogP contribution is -2.11. The quantitative estimate of drug-likeness (QED) is 0.521. The number of anilines is 1. The molecule has 0 saturated carbocycles. The second-order valence-electron chi connectivity index (χ2n) is 5.52. The van der Waals surface area contributed by atoms with E-state index in [0.717, 1.165) is 17.7 Å². The number of nitrogens with one attached hydrogen (secondary N) is 1. The lowest BCUT2D eigenvalue weighted by molar-refractivity contribution is -0.385. The minimum atomic E-state index is -0.727. The third kappa shape index (κ3) is 3.25. The van der Waals surface area contributed by atoms with Crippen molar-refractivity contribution in [2.45, 2.75) is 0 Å². The highest BCUT2D eigenvalue weighted by atomic mass is 32.1. The van der Waals surface area contributed by atoms with Gasteiger partial charge in [-0.1, -0.05) is 0 Å². The molecule has 3 aromatic rings. The maximum atomic E-state index is 12.3. The second-order valence-corrected chi connectivity index (χ2v) is 6.38. The summed E-state index contributed by atoms with van der Waals surface area (Å²) >= 11 is 1.23. The summed E-state index contributed by atoms with van der Waals surface area (Å²) in [7, 11) is 0. The molecule has 1 aliphatic heterocycles. The summed E-state index contributed by atoms with van der Waals surface area (Å²) in [5.74, 6) is 0.188. The number of phenols is 1. The molecule has 0 spiro atoms. The van der Waals surface area contributed by atoms with E-state index in [1.165, 1.54) is 17.4 Å². The van der Waals surface area contributed by atoms with Gasteiger partial charge in [-0.3, -0.25) is 20.2 Å². The molecule has 0 aliphatic carbocycles. The molecule has 1 amide bonds. The van der Waals surface area contributed by atoms with Crippen molar-refractivity contribution in [3.05, 3.63) is 57.5 Å². The van der Waals surface area contributed by atoms with Crippen LogP contribution >= 0.6 is 11.3 Å². The summed E-state index contributed by atoms with van der Waals surface area (Å²) in [6.07, 6.45) is 0. The van der Waals surface area contributed by atoms with E-state index in [2.05, 4.69) is 10.3 Å². The fraction of sp³-hybridized carbons (Fsp3) is 0.0588. The largest absolute Gasteiger partial charge is 0.502 e. The van der Waals surface area contributed by atoms with Crippen LogP contribution in [0.3, 0.4) is 0 Å². The molecule has 4 rings (SSSR count). The number of hydrogen-bond acceptors (Lipinski definition) is 8. The van der Waals surface area contributed by atoms with Gasteiger partial charge in [-0.25, -0.2) is 4.98 Å². The van der Waals surface area contributed by atoms with Crippen LogP contribution in [0.25, 0.3) is 11.3 Å². The maximum Gasteiger partial charge on any atom is 0.310 e. The SMILES string of the molecule is O=C(Nc1nc(-c2ccc3c(c2)OCO3)cs1)c1ccc([N+](=O)[O-])c(O)c1. The minimum Gasteiger partial charge on any atom is -0.502 e. The van der Waals surface area contributed by atoms with Crippen molar-refractivity contribution in [3.63, 3.8) is 0 Å². The molecule has 2 aromatic carbocycles. The molecule has 1 aliphatic rings. The number of carbonyl (C=O) groups excluding carboxylic acids is 1. The van der Waals surface area contributed by atoms with E-state index in [0.29, 0.717) is 22.3 Å². The van der Waals surface area contributed by atoms with Gasteiger partial charge in [0.1, 0.15) is 0 Å². The van der Waals surface area contributed by atoms with E-state index < -0.39 is 22.3 Å². The van der Waals surface area contributed by atoms with Gasteiger partial charge < -0.3 is 14.6 Å². The van der Waals surface area contributed by atoms with Crippen molar-refractivity contribution in [2.24, 2.45) is 0 Å². The highest BCUT2D eigenvalue weighted by molar-refractivity contribution is 7.14. The zero-order valence-corrected chi connectivity index (χ0v) is 14.4. The Balaban J connectivity index is 1.51. The lowest BCUT2D eigenvalue weighted by Gasteiger charge is -2.03. The fourth-order valence-corrected chi connectivity index (χ4v) is 3.22. The number of hydrogen-bond donors (Lipinski definition) is 2. The molecule has 10 heteroatoms. The number of nitro benzene ring substituents is 1. The average Bonchev–Trinajstić information content (AvgIpc) is 3.29. The van der Waals surface area contributed by atoms with E-state index in [9.17, 15) is 20.0 Å². The van der Waals surface area contributed by atoms with E-state index in [4.69, 9.17) is 9.47 Å². The number of ether oxygens (including phenoxy) is 2.